The zero-order valence-corrected chi connectivity index (χ0v) is 12.3. The highest BCUT2D eigenvalue weighted by Gasteiger charge is 2.23. The van der Waals surface area contributed by atoms with Gasteiger partial charge in [0.1, 0.15) is 5.75 Å². The van der Waals surface area contributed by atoms with Crippen LogP contribution in [0.4, 0.5) is 4.79 Å². The SMILES string of the molecule is CCOC(=O)N1CCC(COc2cccc(C)c2)CC1. The van der Waals surface area contributed by atoms with Crippen molar-refractivity contribution in [3.8, 4) is 5.75 Å². The van der Waals surface area contributed by atoms with E-state index in [0.717, 1.165) is 38.3 Å². The van der Waals surface area contributed by atoms with Gasteiger partial charge in [0.25, 0.3) is 0 Å². The molecule has 1 aromatic carbocycles. The van der Waals surface area contributed by atoms with Crippen molar-refractivity contribution in [2.24, 2.45) is 5.92 Å². The van der Waals surface area contributed by atoms with Crippen LogP contribution < -0.4 is 4.74 Å². The van der Waals surface area contributed by atoms with Gasteiger partial charge < -0.3 is 14.4 Å². The smallest absolute Gasteiger partial charge is 0.409 e. The number of benzene rings is 1. The molecule has 1 fully saturated rings. The number of ether oxygens (including phenoxy) is 2. The Bertz CT molecular complexity index is 439. The van der Waals surface area contributed by atoms with Gasteiger partial charge >= 0.3 is 6.09 Å². The molecule has 4 nitrogen and oxygen atoms in total. The second-order valence-corrected chi connectivity index (χ2v) is 5.26. The molecule has 1 heterocycles. The minimum absolute atomic E-state index is 0.189. The summed E-state index contributed by atoms with van der Waals surface area (Å²) in [5, 5.41) is 0. The van der Waals surface area contributed by atoms with E-state index in [1.807, 2.05) is 25.1 Å². The van der Waals surface area contributed by atoms with Crippen LogP contribution in [0.1, 0.15) is 25.3 Å². The third-order valence-corrected chi connectivity index (χ3v) is 3.62. The van der Waals surface area contributed by atoms with Gasteiger partial charge in [0.15, 0.2) is 0 Å². The Morgan fingerprint density at radius 3 is 2.75 bits per heavy atom. The molecule has 1 saturated heterocycles. The molecule has 4 heteroatoms. The van der Waals surface area contributed by atoms with Gasteiger partial charge in [-0.3, -0.25) is 0 Å². The van der Waals surface area contributed by atoms with Crippen molar-refractivity contribution >= 4 is 6.09 Å². The van der Waals surface area contributed by atoms with Gasteiger partial charge in [0.2, 0.25) is 0 Å². The Hall–Kier alpha value is -1.71. The molecule has 1 aliphatic heterocycles. The normalized spacial score (nSPS) is 16.0. The van der Waals surface area contributed by atoms with E-state index in [4.69, 9.17) is 9.47 Å². The first-order valence-electron chi connectivity index (χ1n) is 7.30. The lowest BCUT2D eigenvalue weighted by atomic mass is 9.98. The number of hydrogen-bond acceptors (Lipinski definition) is 3. The molecule has 0 aliphatic carbocycles. The quantitative estimate of drug-likeness (QED) is 0.848. The van der Waals surface area contributed by atoms with Crippen LogP contribution >= 0.6 is 0 Å². The number of carbonyl (C=O) groups excluding carboxylic acids is 1. The summed E-state index contributed by atoms with van der Waals surface area (Å²) in [4.78, 5) is 13.4. The average molecular weight is 277 g/mol. The van der Waals surface area contributed by atoms with Gasteiger partial charge in [0.05, 0.1) is 13.2 Å². The molecule has 0 spiro atoms. The summed E-state index contributed by atoms with van der Waals surface area (Å²) >= 11 is 0. The molecule has 0 radical (unpaired) electrons. The number of carbonyl (C=O) groups is 1. The molecule has 1 aromatic rings. The van der Waals surface area contributed by atoms with Crippen LogP contribution in [0.3, 0.4) is 0 Å². The van der Waals surface area contributed by atoms with Gasteiger partial charge in [-0.05, 0) is 50.3 Å². The number of likely N-dealkylation sites (tertiary alicyclic amines) is 1. The third-order valence-electron chi connectivity index (χ3n) is 3.62. The Balaban J connectivity index is 1.73. The van der Waals surface area contributed by atoms with E-state index in [9.17, 15) is 4.79 Å². The summed E-state index contributed by atoms with van der Waals surface area (Å²) < 4.78 is 10.8. The highest BCUT2D eigenvalue weighted by Crippen LogP contribution is 2.20. The molecule has 110 valence electrons. The lowest BCUT2D eigenvalue weighted by Gasteiger charge is -2.31. The Morgan fingerprint density at radius 1 is 1.35 bits per heavy atom. The van der Waals surface area contributed by atoms with Gasteiger partial charge in [-0.25, -0.2) is 4.79 Å². The van der Waals surface area contributed by atoms with Crippen LogP contribution in [0.2, 0.25) is 0 Å². The highest BCUT2D eigenvalue weighted by molar-refractivity contribution is 5.67. The lowest BCUT2D eigenvalue weighted by Crippen LogP contribution is -2.40. The second kappa shape index (κ2) is 7.17. The summed E-state index contributed by atoms with van der Waals surface area (Å²) in [6.45, 7) is 6.59. The van der Waals surface area contributed by atoms with Crippen molar-refractivity contribution in [1.82, 2.24) is 4.90 Å². The van der Waals surface area contributed by atoms with E-state index in [1.54, 1.807) is 4.90 Å². The zero-order valence-electron chi connectivity index (χ0n) is 12.3. The van der Waals surface area contributed by atoms with Crippen molar-refractivity contribution < 1.29 is 14.3 Å². The maximum atomic E-state index is 11.6. The average Bonchev–Trinajstić information content (AvgIpc) is 2.46. The number of aryl methyl sites for hydroxylation is 1. The van der Waals surface area contributed by atoms with E-state index >= 15 is 0 Å². The van der Waals surface area contributed by atoms with Crippen molar-refractivity contribution in [3.63, 3.8) is 0 Å². The van der Waals surface area contributed by atoms with E-state index < -0.39 is 0 Å². The minimum atomic E-state index is -0.189. The Kier molecular flexibility index (Phi) is 5.27. The number of piperidine rings is 1. The summed E-state index contributed by atoms with van der Waals surface area (Å²) in [6, 6.07) is 8.10. The van der Waals surface area contributed by atoms with E-state index in [1.165, 1.54) is 5.56 Å². The third kappa shape index (κ3) is 4.15. The standard InChI is InChI=1S/C16H23NO3/c1-3-19-16(18)17-9-7-14(8-10-17)12-20-15-6-4-5-13(2)11-15/h4-6,11,14H,3,7-10,12H2,1-2H3. The van der Waals surface area contributed by atoms with E-state index in [-0.39, 0.29) is 6.09 Å². The molecule has 2 rings (SSSR count). The molecule has 1 aliphatic rings. The molecular weight excluding hydrogens is 254 g/mol. The van der Waals surface area contributed by atoms with Crippen molar-refractivity contribution in [1.29, 1.82) is 0 Å². The lowest BCUT2D eigenvalue weighted by molar-refractivity contribution is 0.0845. The number of rotatable bonds is 4. The minimum Gasteiger partial charge on any atom is -0.493 e. The molecule has 0 unspecified atom stereocenters. The summed E-state index contributed by atoms with van der Waals surface area (Å²) in [6.07, 6.45) is 1.76. The molecule has 0 atom stereocenters. The van der Waals surface area contributed by atoms with Gasteiger partial charge in [-0.1, -0.05) is 12.1 Å². The molecular formula is C16H23NO3. The molecule has 0 aromatic heterocycles. The predicted octanol–water partition coefficient (Wildman–Crippen LogP) is 3.24. The van der Waals surface area contributed by atoms with Gasteiger partial charge in [0, 0.05) is 13.1 Å². The first kappa shape index (κ1) is 14.7. The molecule has 0 N–H and O–H groups in total. The summed E-state index contributed by atoms with van der Waals surface area (Å²) in [5.41, 5.74) is 1.21. The highest BCUT2D eigenvalue weighted by atomic mass is 16.6. The van der Waals surface area contributed by atoms with Gasteiger partial charge in [-0.15, -0.1) is 0 Å². The molecule has 20 heavy (non-hydrogen) atoms. The van der Waals surface area contributed by atoms with Crippen molar-refractivity contribution in [2.75, 3.05) is 26.3 Å². The topological polar surface area (TPSA) is 38.8 Å². The van der Waals surface area contributed by atoms with E-state index in [2.05, 4.69) is 13.0 Å². The van der Waals surface area contributed by atoms with Crippen molar-refractivity contribution in [2.45, 2.75) is 26.7 Å². The summed E-state index contributed by atoms with van der Waals surface area (Å²) in [7, 11) is 0. The van der Waals surface area contributed by atoms with Crippen molar-refractivity contribution in [3.05, 3.63) is 29.8 Å². The number of nitrogens with zero attached hydrogens (tertiary/aromatic N) is 1. The number of hydrogen-bond donors (Lipinski definition) is 0. The molecule has 1 amide bonds. The van der Waals surface area contributed by atoms with Crippen LogP contribution in [-0.2, 0) is 4.74 Å². The maximum absolute atomic E-state index is 11.6. The van der Waals surface area contributed by atoms with Crippen LogP contribution in [-0.4, -0.2) is 37.3 Å². The first-order valence-corrected chi connectivity index (χ1v) is 7.30. The maximum Gasteiger partial charge on any atom is 0.409 e. The second-order valence-electron chi connectivity index (χ2n) is 5.26. The fraction of sp³-hybridized carbons (Fsp3) is 0.562. The summed E-state index contributed by atoms with van der Waals surface area (Å²) in [5.74, 6) is 1.44. The Labute approximate surface area is 120 Å². The molecule has 0 bridgehead atoms. The fourth-order valence-corrected chi connectivity index (χ4v) is 2.42. The van der Waals surface area contributed by atoms with Crippen LogP contribution in [0.15, 0.2) is 24.3 Å². The van der Waals surface area contributed by atoms with E-state index in [0.29, 0.717) is 12.5 Å². The van der Waals surface area contributed by atoms with Crippen LogP contribution in [0, 0.1) is 12.8 Å². The fourth-order valence-electron chi connectivity index (χ4n) is 2.42. The van der Waals surface area contributed by atoms with Crippen LogP contribution in [0.5, 0.6) is 5.75 Å². The monoisotopic (exact) mass is 277 g/mol. The van der Waals surface area contributed by atoms with Gasteiger partial charge in [-0.2, -0.15) is 0 Å². The number of amides is 1. The molecule has 0 saturated carbocycles. The Morgan fingerprint density at radius 2 is 2.10 bits per heavy atom. The first-order chi connectivity index (χ1) is 9.69. The predicted molar refractivity (Wildman–Crippen MR) is 78.0 cm³/mol. The van der Waals surface area contributed by atoms with Crippen LogP contribution in [0.25, 0.3) is 0 Å². The zero-order chi connectivity index (χ0) is 14.4. The largest absolute Gasteiger partial charge is 0.493 e.